The minimum absolute atomic E-state index is 0.0139. The average Bonchev–Trinajstić information content (AvgIpc) is 2.75. The van der Waals surface area contributed by atoms with Gasteiger partial charge in [0, 0.05) is 17.5 Å². The van der Waals surface area contributed by atoms with Crippen molar-refractivity contribution in [2.75, 3.05) is 0 Å². The predicted molar refractivity (Wildman–Crippen MR) is 135 cm³/mol. The second-order valence-corrected chi connectivity index (χ2v) is 6.80. The quantitative estimate of drug-likeness (QED) is 0.255. The Balaban J connectivity index is -0.000000432. The number of allylic oxidation sites excluding steroid dienone is 7. The summed E-state index contributed by atoms with van der Waals surface area (Å²) in [7, 11) is 0. The van der Waals surface area contributed by atoms with Crippen LogP contribution in [0.5, 0.6) is 0 Å². The molecular formula is C28H44O2. The van der Waals surface area contributed by atoms with Gasteiger partial charge < -0.3 is 0 Å². The third-order valence-corrected chi connectivity index (χ3v) is 3.47. The molecule has 0 radical (unpaired) electrons. The Labute approximate surface area is 186 Å². The van der Waals surface area contributed by atoms with Crippen molar-refractivity contribution in [2.45, 2.75) is 75.2 Å². The fourth-order valence-corrected chi connectivity index (χ4v) is 1.73. The molecule has 1 rings (SSSR count). The molecule has 0 aliphatic heterocycles. The molecule has 0 aromatic heterocycles. The number of carbonyl (C=O) groups excluding carboxylic acids is 2. The molecule has 0 fully saturated rings. The van der Waals surface area contributed by atoms with Gasteiger partial charge in [-0.15, -0.1) is 6.58 Å². The molecule has 2 nitrogen and oxygen atoms in total. The normalized spacial score (nSPS) is 9.53. The molecule has 0 aliphatic rings. The highest BCUT2D eigenvalue weighted by Crippen LogP contribution is 2.08. The monoisotopic (exact) mass is 412 g/mol. The molecule has 1 aromatic carbocycles. The molecule has 0 bridgehead atoms. The maximum atomic E-state index is 11.5. The lowest BCUT2D eigenvalue weighted by Gasteiger charge is -1.99. The van der Waals surface area contributed by atoms with Crippen molar-refractivity contribution >= 4 is 11.6 Å². The number of hydrogen-bond donors (Lipinski definition) is 0. The van der Waals surface area contributed by atoms with Gasteiger partial charge in [-0.25, -0.2) is 0 Å². The lowest BCUT2D eigenvalue weighted by molar-refractivity contribution is 0.0993. The minimum atomic E-state index is -0.0507. The van der Waals surface area contributed by atoms with Crippen LogP contribution in [-0.2, 0) is 0 Å². The number of carbonyl (C=O) groups is 2. The van der Waals surface area contributed by atoms with Crippen LogP contribution < -0.4 is 0 Å². The van der Waals surface area contributed by atoms with Crippen LogP contribution in [0.4, 0.5) is 0 Å². The SMILES string of the molecule is C=CCC(=O)c1ccc(C(=O)/C=C/C)cc1.CC.CC/C=C\C(C)C.CC=C(C)C. The van der Waals surface area contributed by atoms with Crippen molar-refractivity contribution in [3.05, 3.63) is 84.0 Å². The topological polar surface area (TPSA) is 34.1 Å². The van der Waals surface area contributed by atoms with Gasteiger partial charge in [0.2, 0.25) is 0 Å². The van der Waals surface area contributed by atoms with E-state index in [2.05, 4.69) is 59.4 Å². The van der Waals surface area contributed by atoms with Gasteiger partial charge >= 0.3 is 0 Å². The third kappa shape index (κ3) is 20.3. The lowest BCUT2D eigenvalue weighted by Crippen LogP contribution is -1.99. The Bertz CT molecular complexity index is 652. The molecule has 0 N–H and O–H groups in total. The zero-order valence-corrected chi connectivity index (χ0v) is 20.8. The van der Waals surface area contributed by atoms with Crippen molar-refractivity contribution in [2.24, 2.45) is 5.92 Å². The van der Waals surface area contributed by atoms with E-state index in [9.17, 15) is 9.59 Å². The molecule has 1 aromatic rings. The maximum absolute atomic E-state index is 11.5. The highest BCUT2D eigenvalue weighted by molar-refractivity contribution is 6.05. The predicted octanol–water partition coefficient (Wildman–Crippen LogP) is 8.81. The summed E-state index contributed by atoms with van der Waals surface area (Å²) < 4.78 is 0. The molecule has 0 saturated carbocycles. The number of benzene rings is 1. The van der Waals surface area contributed by atoms with Crippen LogP contribution in [0.2, 0.25) is 0 Å². The van der Waals surface area contributed by atoms with Gasteiger partial charge in [-0.3, -0.25) is 9.59 Å². The molecule has 2 heteroatoms. The van der Waals surface area contributed by atoms with Crippen LogP contribution in [0.25, 0.3) is 0 Å². The van der Waals surface area contributed by atoms with Gasteiger partial charge in [-0.05, 0) is 46.1 Å². The van der Waals surface area contributed by atoms with Crippen LogP contribution in [0.15, 0.2) is 72.9 Å². The van der Waals surface area contributed by atoms with Crippen molar-refractivity contribution in [3.63, 3.8) is 0 Å². The summed E-state index contributed by atoms with van der Waals surface area (Å²) >= 11 is 0. The van der Waals surface area contributed by atoms with Gasteiger partial charge in [-0.2, -0.15) is 0 Å². The fraction of sp³-hybridized carbons (Fsp3) is 0.429. The molecular weight excluding hydrogens is 368 g/mol. The molecule has 168 valence electrons. The molecule has 0 amide bonds. The summed E-state index contributed by atoms with van der Waals surface area (Å²) in [5.74, 6) is 0.685. The van der Waals surface area contributed by atoms with Crippen LogP contribution >= 0.6 is 0 Å². The highest BCUT2D eigenvalue weighted by Gasteiger charge is 2.05. The number of rotatable bonds is 7. The van der Waals surface area contributed by atoms with E-state index in [-0.39, 0.29) is 11.6 Å². The standard InChI is InChI=1S/C14H14O2.C7H14.C5H10.C2H6/c1-3-5-13(15)11-7-9-12(10-8-11)14(16)6-4-2;1-4-5-6-7(2)3;1-4-5(2)3;1-2/h3-4,6-10H,1,5H2,2H3;5-7H,4H2,1-3H3;4H,1-3H3;1-2H3/b6-4+;6-5-;;. The average molecular weight is 413 g/mol. The van der Waals surface area contributed by atoms with Gasteiger partial charge in [0.15, 0.2) is 11.6 Å². The van der Waals surface area contributed by atoms with Gasteiger partial charge in [0.25, 0.3) is 0 Å². The van der Waals surface area contributed by atoms with Gasteiger partial charge in [0.1, 0.15) is 0 Å². The summed E-state index contributed by atoms with van der Waals surface area (Å²) in [6.07, 6.45) is 12.8. The summed E-state index contributed by atoms with van der Waals surface area (Å²) in [5, 5.41) is 0. The Morgan fingerprint density at radius 3 is 1.77 bits per heavy atom. The van der Waals surface area contributed by atoms with Crippen molar-refractivity contribution in [1.29, 1.82) is 0 Å². The van der Waals surface area contributed by atoms with E-state index >= 15 is 0 Å². The number of ketones is 2. The lowest BCUT2D eigenvalue weighted by atomic mass is 10.0. The second-order valence-electron chi connectivity index (χ2n) is 6.80. The summed E-state index contributed by atoms with van der Waals surface area (Å²) in [5.41, 5.74) is 2.58. The van der Waals surface area contributed by atoms with E-state index in [4.69, 9.17) is 0 Å². The van der Waals surface area contributed by atoms with Crippen LogP contribution in [0.1, 0.15) is 95.9 Å². The highest BCUT2D eigenvalue weighted by atomic mass is 16.1. The van der Waals surface area contributed by atoms with Crippen LogP contribution in [-0.4, -0.2) is 11.6 Å². The van der Waals surface area contributed by atoms with Crippen LogP contribution in [0.3, 0.4) is 0 Å². The van der Waals surface area contributed by atoms with E-state index in [1.807, 2.05) is 20.8 Å². The smallest absolute Gasteiger partial charge is 0.185 e. The van der Waals surface area contributed by atoms with Gasteiger partial charge in [-0.1, -0.05) is 94.8 Å². The number of hydrogen-bond acceptors (Lipinski definition) is 2. The zero-order valence-electron chi connectivity index (χ0n) is 20.8. The first kappa shape index (κ1) is 32.2. The zero-order chi connectivity index (χ0) is 23.9. The molecule has 0 heterocycles. The maximum Gasteiger partial charge on any atom is 0.185 e. The molecule has 0 saturated heterocycles. The largest absolute Gasteiger partial charge is 0.294 e. The first-order valence-electron chi connectivity index (χ1n) is 10.9. The fourth-order valence-electron chi connectivity index (χ4n) is 1.73. The van der Waals surface area contributed by atoms with E-state index in [1.165, 1.54) is 11.6 Å². The Morgan fingerprint density at radius 2 is 1.47 bits per heavy atom. The van der Waals surface area contributed by atoms with E-state index in [0.29, 0.717) is 17.5 Å². The molecule has 0 aliphatic carbocycles. The molecule has 0 spiro atoms. The molecule has 30 heavy (non-hydrogen) atoms. The Kier molecular flexibility index (Phi) is 24.5. The first-order valence-corrected chi connectivity index (χ1v) is 10.9. The first-order chi connectivity index (χ1) is 14.2. The summed E-state index contributed by atoms with van der Waals surface area (Å²) in [4.78, 5) is 22.9. The van der Waals surface area contributed by atoms with E-state index < -0.39 is 0 Å². The Hall–Kier alpha value is -2.48. The van der Waals surface area contributed by atoms with E-state index in [0.717, 1.165) is 12.3 Å². The summed E-state index contributed by atoms with van der Waals surface area (Å²) in [6.45, 7) is 22.0. The van der Waals surface area contributed by atoms with Crippen LogP contribution in [0, 0.1) is 5.92 Å². The number of Topliss-reactive ketones (excluding diaryl/α,β-unsaturated/α-hetero) is 1. The van der Waals surface area contributed by atoms with E-state index in [1.54, 1.807) is 43.3 Å². The minimum Gasteiger partial charge on any atom is -0.294 e. The Morgan fingerprint density at radius 1 is 1.00 bits per heavy atom. The third-order valence-electron chi connectivity index (χ3n) is 3.47. The summed E-state index contributed by atoms with van der Waals surface area (Å²) in [6, 6.07) is 6.67. The van der Waals surface area contributed by atoms with Crippen molar-refractivity contribution in [3.8, 4) is 0 Å². The van der Waals surface area contributed by atoms with Crippen molar-refractivity contribution in [1.82, 2.24) is 0 Å². The van der Waals surface area contributed by atoms with Crippen molar-refractivity contribution < 1.29 is 9.59 Å². The van der Waals surface area contributed by atoms with Gasteiger partial charge in [0.05, 0.1) is 0 Å². The molecule has 0 unspecified atom stereocenters. The molecule has 0 atom stereocenters. The second kappa shape index (κ2) is 22.8.